The molecule has 0 radical (unpaired) electrons. The average molecular weight is 352 g/mol. The van der Waals surface area contributed by atoms with Crippen LogP contribution >= 0.6 is 11.3 Å². The van der Waals surface area contributed by atoms with Crippen LogP contribution in [0.2, 0.25) is 0 Å². The number of benzene rings is 1. The first-order valence-electron chi connectivity index (χ1n) is 8.52. The van der Waals surface area contributed by atoms with Crippen molar-refractivity contribution in [3.8, 4) is 11.1 Å². The van der Waals surface area contributed by atoms with Gasteiger partial charge in [0.1, 0.15) is 17.0 Å². The Kier molecular flexibility index (Phi) is 4.36. The lowest BCUT2D eigenvalue weighted by molar-refractivity contribution is -0.125. The fraction of sp³-hybridized carbons (Fsp3) is 0.316. The van der Waals surface area contributed by atoms with Gasteiger partial charge in [-0.25, -0.2) is 9.97 Å². The van der Waals surface area contributed by atoms with Crippen LogP contribution in [-0.2, 0) is 4.79 Å². The fourth-order valence-corrected chi connectivity index (χ4v) is 4.40. The molecule has 4 rings (SSSR count). The smallest absolute Gasteiger partial charge is 0.222 e. The van der Waals surface area contributed by atoms with Gasteiger partial charge in [0.25, 0.3) is 0 Å². The van der Waals surface area contributed by atoms with Gasteiger partial charge in [0.15, 0.2) is 0 Å². The van der Waals surface area contributed by atoms with E-state index in [9.17, 15) is 4.79 Å². The molecule has 3 aromatic rings. The van der Waals surface area contributed by atoms with Crippen LogP contribution in [0.15, 0.2) is 42.0 Å². The van der Waals surface area contributed by atoms with Crippen molar-refractivity contribution in [1.29, 1.82) is 0 Å². The predicted octanol–water partition coefficient (Wildman–Crippen LogP) is 3.32. The molecule has 25 heavy (non-hydrogen) atoms. The van der Waals surface area contributed by atoms with Gasteiger partial charge in [-0.1, -0.05) is 30.3 Å². The molecule has 0 unspecified atom stereocenters. The molecule has 0 atom stereocenters. The van der Waals surface area contributed by atoms with Crippen LogP contribution < -0.4 is 10.2 Å². The molecule has 0 saturated carbocycles. The van der Waals surface area contributed by atoms with Crippen molar-refractivity contribution in [3.63, 3.8) is 0 Å². The van der Waals surface area contributed by atoms with E-state index in [0.717, 1.165) is 42.0 Å². The molecule has 2 aromatic heterocycles. The molecule has 0 aliphatic carbocycles. The molecule has 1 amide bonds. The second-order valence-electron chi connectivity index (χ2n) is 6.27. The summed E-state index contributed by atoms with van der Waals surface area (Å²) in [6.45, 7) is 1.68. The molecule has 1 aromatic carbocycles. The number of nitrogens with zero attached hydrogens (tertiary/aromatic N) is 3. The average Bonchev–Trinajstić information content (AvgIpc) is 3.12. The van der Waals surface area contributed by atoms with E-state index in [1.807, 2.05) is 6.07 Å². The van der Waals surface area contributed by atoms with Crippen LogP contribution in [-0.4, -0.2) is 36.0 Å². The van der Waals surface area contributed by atoms with E-state index >= 15 is 0 Å². The molecule has 1 N–H and O–H groups in total. The van der Waals surface area contributed by atoms with E-state index in [0.29, 0.717) is 0 Å². The first kappa shape index (κ1) is 16.0. The van der Waals surface area contributed by atoms with Crippen molar-refractivity contribution < 1.29 is 4.79 Å². The third-order valence-corrected chi connectivity index (χ3v) is 5.73. The summed E-state index contributed by atoms with van der Waals surface area (Å²) in [5, 5.41) is 6.05. The monoisotopic (exact) mass is 352 g/mol. The SMILES string of the molecule is CNC(=O)C1CCN(c2ncnc3scc(-c4ccccc4)c23)CC1. The Morgan fingerprint density at radius 1 is 1.20 bits per heavy atom. The van der Waals surface area contributed by atoms with Gasteiger partial charge in [-0.15, -0.1) is 11.3 Å². The first-order chi connectivity index (χ1) is 12.3. The normalized spacial score (nSPS) is 15.5. The van der Waals surface area contributed by atoms with Gasteiger partial charge in [-0.2, -0.15) is 0 Å². The van der Waals surface area contributed by atoms with Crippen LogP contribution in [0.25, 0.3) is 21.3 Å². The maximum absolute atomic E-state index is 11.9. The Labute approximate surface area is 150 Å². The molecular formula is C19H20N4OS. The number of carbonyl (C=O) groups is 1. The van der Waals surface area contributed by atoms with E-state index in [4.69, 9.17) is 0 Å². The number of amides is 1. The molecule has 0 spiro atoms. The highest BCUT2D eigenvalue weighted by Crippen LogP contribution is 2.38. The Hall–Kier alpha value is -2.47. The number of piperidine rings is 1. The van der Waals surface area contributed by atoms with E-state index in [2.05, 4.69) is 49.8 Å². The summed E-state index contributed by atoms with van der Waals surface area (Å²) >= 11 is 1.65. The third-order valence-electron chi connectivity index (χ3n) is 4.85. The quantitative estimate of drug-likeness (QED) is 0.786. The molecule has 1 fully saturated rings. The predicted molar refractivity (Wildman–Crippen MR) is 102 cm³/mol. The summed E-state index contributed by atoms with van der Waals surface area (Å²) in [5.41, 5.74) is 2.37. The fourth-order valence-electron chi connectivity index (χ4n) is 3.49. The summed E-state index contributed by atoms with van der Waals surface area (Å²) < 4.78 is 0. The molecule has 128 valence electrons. The molecule has 1 aliphatic rings. The topological polar surface area (TPSA) is 58.1 Å². The van der Waals surface area contributed by atoms with Crippen LogP contribution in [0.4, 0.5) is 5.82 Å². The Bertz CT molecular complexity index is 885. The number of anilines is 1. The first-order valence-corrected chi connectivity index (χ1v) is 9.40. The number of nitrogens with one attached hydrogen (secondary N) is 1. The van der Waals surface area contributed by atoms with Crippen LogP contribution in [0, 0.1) is 5.92 Å². The van der Waals surface area contributed by atoms with Crippen LogP contribution in [0.1, 0.15) is 12.8 Å². The van der Waals surface area contributed by atoms with E-state index in [-0.39, 0.29) is 11.8 Å². The minimum atomic E-state index is 0.106. The van der Waals surface area contributed by atoms with Gasteiger partial charge >= 0.3 is 0 Å². The highest BCUT2D eigenvalue weighted by Gasteiger charge is 2.26. The summed E-state index contributed by atoms with van der Waals surface area (Å²) in [6, 6.07) is 10.4. The maximum Gasteiger partial charge on any atom is 0.222 e. The summed E-state index contributed by atoms with van der Waals surface area (Å²) in [5.74, 6) is 1.24. The largest absolute Gasteiger partial charge is 0.359 e. The van der Waals surface area contributed by atoms with Crippen molar-refractivity contribution in [2.45, 2.75) is 12.8 Å². The van der Waals surface area contributed by atoms with Crippen molar-refractivity contribution in [2.75, 3.05) is 25.0 Å². The van der Waals surface area contributed by atoms with E-state index in [1.54, 1.807) is 24.7 Å². The third kappa shape index (κ3) is 2.98. The number of fused-ring (bicyclic) bond motifs is 1. The highest BCUT2D eigenvalue weighted by molar-refractivity contribution is 7.17. The Morgan fingerprint density at radius 3 is 2.68 bits per heavy atom. The molecule has 1 saturated heterocycles. The lowest BCUT2D eigenvalue weighted by atomic mass is 9.95. The standard InChI is InChI=1S/C19H20N4OS/c1-20-18(24)14-7-9-23(10-8-14)17-16-15(13-5-3-2-4-6-13)11-25-19(16)22-12-21-17/h2-6,11-12,14H,7-10H2,1H3,(H,20,24). The maximum atomic E-state index is 11.9. The zero-order valence-corrected chi connectivity index (χ0v) is 14.9. The van der Waals surface area contributed by atoms with Crippen molar-refractivity contribution in [2.24, 2.45) is 5.92 Å². The summed E-state index contributed by atoms with van der Waals surface area (Å²) in [4.78, 5) is 24.2. The van der Waals surface area contributed by atoms with Gasteiger partial charge in [-0.05, 0) is 18.4 Å². The Morgan fingerprint density at radius 2 is 1.96 bits per heavy atom. The van der Waals surface area contributed by atoms with E-state index in [1.165, 1.54) is 11.1 Å². The second-order valence-corrected chi connectivity index (χ2v) is 7.13. The molecule has 6 heteroatoms. The van der Waals surface area contributed by atoms with Crippen molar-refractivity contribution in [3.05, 3.63) is 42.0 Å². The minimum Gasteiger partial charge on any atom is -0.359 e. The zero-order chi connectivity index (χ0) is 17.2. The van der Waals surface area contributed by atoms with Crippen LogP contribution in [0.5, 0.6) is 0 Å². The highest BCUT2D eigenvalue weighted by atomic mass is 32.1. The van der Waals surface area contributed by atoms with Gasteiger partial charge in [-0.3, -0.25) is 4.79 Å². The molecular weight excluding hydrogens is 332 g/mol. The molecule has 1 aliphatic heterocycles. The number of hydrogen-bond acceptors (Lipinski definition) is 5. The number of hydrogen-bond donors (Lipinski definition) is 1. The van der Waals surface area contributed by atoms with Gasteiger partial charge in [0.2, 0.25) is 5.91 Å². The summed E-state index contributed by atoms with van der Waals surface area (Å²) in [6.07, 6.45) is 3.36. The van der Waals surface area contributed by atoms with Crippen molar-refractivity contribution >= 4 is 33.3 Å². The van der Waals surface area contributed by atoms with Gasteiger partial charge in [0, 0.05) is 37.0 Å². The van der Waals surface area contributed by atoms with Crippen molar-refractivity contribution in [1.82, 2.24) is 15.3 Å². The lowest BCUT2D eigenvalue weighted by Crippen LogP contribution is -2.40. The molecule has 0 bridgehead atoms. The number of carbonyl (C=O) groups excluding carboxylic acids is 1. The second kappa shape index (κ2) is 6.80. The number of thiophene rings is 1. The zero-order valence-electron chi connectivity index (χ0n) is 14.1. The van der Waals surface area contributed by atoms with Gasteiger partial charge < -0.3 is 10.2 Å². The van der Waals surface area contributed by atoms with Crippen LogP contribution in [0.3, 0.4) is 0 Å². The van der Waals surface area contributed by atoms with E-state index < -0.39 is 0 Å². The minimum absolute atomic E-state index is 0.106. The van der Waals surface area contributed by atoms with Gasteiger partial charge in [0.05, 0.1) is 5.39 Å². The molecule has 5 nitrogen and oxygen atoms in total. The summed E-state index contributed by atoms with van der Waals surface area (Å²) in [7, 11) is 1.71. The molecule has 3 heterocycles. The Balaban J connectivity index is 1.69. The number of aromatic nitrogens is 2. The lowest BCUT2D eigenvalue weighted by Gasteiger charge is -2.32. The number of rotatable bonds is 3.